The second-order valence-electron chi connectivity index (χ2n) is 9.17. The summed E-state index contributed by atoms with van der Waals surface area (Å²) in [5.41, 5.74) is 12.9. The Morgan fingerprint density at radius 1 is 1.00 bits per heavy atom. The first-order valence-electron chi connectivity index (χ1n) is 11.8. The summed E-state index contributed by atoms with van der Waals surface area (Å²) in [4.78, 5) is 4.79. The van der Waals surface area contributed by atoms with Crippen LogP contribution in [0.5, 0.6) is 0 Å². The van der Waals surface area contributed by atoms with Crippen molar-refractivity contribution < 1.29 is 4.40 Å². The Morgan fingerprint density at radius 3 is 2.48 bits per heavy atom. The van der Waals surface area contributed by atoms with Gasteiger partial charge in [0.15, 0.2) is 0 Å². The van der Waals surface area contributed by atoms with Gasteiger partial charge in [-0.1, -0.05) is 54.1 Å². The third-order valence-electron chi connectivity index (χ3n) is 6.98. The summed E-state index contributed by atoms with van der Waals surface area (Å²) in [6, 6.07) is 23.4. The van der Waals surface area contributed by atoms with Crippen LogP contribution in [0.4, 0.5) is 0 Å². The molecule has 3 aromatic heterocycles. The molecule has 0 bridgehead atoms. The van der Waals surface area contributed by atoms with E-state index < -0.39 is 0 Å². The van der Waals surface area contributed by atoms with E-state index in [1.807, 2.05) is 12.3 Å². The van der Waals surface area contributed by atoms with E-state index >= 15 is 0 Å². The molecule has 0 unspecified atom stereocenters. The summed E-state index contributed by atoms with van der Waals surface area (Å²) in [7, 11) is 0. The van der Waals surface area contributed by atoms with Gasteiger partial charge in [0, 0.05) is 28.8 Å². The van der Waals surface area contributed by atoms with E-state index in [4.69, 9.17) is 15.8 Å². The number of benzene rings is 2. The number of nitrogens with zero attached hydrogens (tertiary/aromatic N) is 4. The van der Waals surface area contributed by atoms with Crippen molar-refractivity contribution in [3.8, 4) is 16.8 Å². The van der Waals surface area contributed by atoms with Crippen LogP contribution in [0.15, 0.2) is 79.1 Å². The van der Waals surface area contributed by atoms with Crippen LogP contribution in [0, 0.1) is 0 Å². The fourth-order valence-electron chi connectivity index (χ4n) is 4.91. The molecule has 1 saturated carbocycles. The number of nitrogens with two attached hydrogens (primary N) is 1. The second kappa shape index (κ2) is 7.78. The predicted molar refractivity (Wildman–Crippen MR) is 131 cm³/mol. The molecular weight excluding hydrogens is 406 g/mol. The van der Waals surface area contributed by atoms with Gasteiger partial charge in [0.05, 0.1) is 17.1 Å². The van der Waals surface area contributed by atoms with Gasteiger partial charge in [-0.15, -0.1) is 0 Å². The third-order valence-corrected chi connectivity index (χ3v) is 6.98. The topological polar surface area (TPSA) is 60.8 Å². The SMILES string of the molecule is CCCc1nn(-c2ccc(C3(N)CCC3)cc2)c2c3cc(-c4ccccc4)cnc3cc[n+]12. The number of hydrogen-bond acceptors (Lipinski definition) is 3. The molecule has 1 aliphatic carbocycles. The van der Waals surface area contributed by atoms with Gasteiger partial charge in [-0.25, -0.2) is 4.40 Å². The first-order valence-corrected chi connectivity index (χ1v) is 11.8. The highest BCUT2D eigenvalue weighted by molar-refractivity contribution is 5.92. The van der Waals surface area contributed by atoms with Gasteiger partial charge in [0.25, 0.3) is 11.5 Å². The minimum absolute atomic E-state index is 0.159. The maximum Gasteiger partial charge on any atom is 0.282 e. The van der Waals surface area contributed by atoms with Crippen LogP contribution >= 0.6 is 0 Å². The van der Waals surface area contributed by atoms with Crippen molar-refractivity contribution >= 4 is 16.6 Å². The average molecular weight is 435 g/mol. The zero-order valence-corrected chi connectivity index (χ0v) is 18.9. The number of hydrogen-bond donors (Lipinski definition) is 1. The van der Waals surface area contributed by atoms with Crippen molar-refractivity contribution in [2.75, 3.05) is 0 Å². The Hall–Kier alpha value is -3.57. The Labute approximate surface area is 193 Å². The van der Waals surface area contributed by atoms with E-state index in [-0.39, 0.29) is 5.54 Å². The Balaban J connectivity index is 1.56. The molecule has 33 heavy (non-hydrogen) atoms. The lowest BCUT2D eigenvalue weighted by Gasteiger charge is -2.38. The molecule has 0 radical (unpaired) electrons. The van der Waals surface area contributed by atoms with Crippen LogP contribution in [-0.2, 0) is 12.0 Å². The molecule has 0 aliphatic heterocycles. The number of fused-ring (bicyclic) bond motifs is 3. The van der Waals surface area contributed by atoms with Gasteiger partial charge in [-0.05, 0) is 61.1 Å². The first kappa shape index (κ1) is 20.1. The summed E-state index contributed by atoms with van der Waals surface area (Å²) in [6.07, 6.45) is 9.33. The molecule has 164 valence electrons. The molecule has 3 heterocycles. The highest BCUT2D eigenvalue weighted by atomic mass is 15.4. The highest BCUT2D eigenvalue weighted by Crippen LogP contribution is 2.38. The molecule has 5 nitrogen and oxygen atoms in total. The number of rotatable bonds is 5. The van der Waals surface area contributed by atoms with Crippen LogP contribution in [0.2, 0.25) is 0 Å². The molecule has 5 heteroatoms. The first-order chi connectivity index (χ1) is 16.2. The van der Waals surface area contributed by atoms with Crippen molar-refractivity contribution in [2.45, 2.75) is 44.6 Å². The average Bonchev–Trinajstić information content (AvgIpc) is 3.22. The smallest absolute Gasteiger partial charge is 0.282 e. The maximum absolute atomic E-state index is 6.56. The van der Waals surface area contributed by atoms with Crippen LogP contribution in [0.3, 0.4) is 0 Å². The lowest BCUT2D eigenvalue weighted by molar-refractivity contribution is -0.521. The molecule has 6 rings (SSSR count). The Morgan fingerprint density at radius 2 is 1.79 bits per heavy atom. The largest absolute Gasteiger partial charge is 0.321 e. The van der Waals surface area contributed by atoms with Gasteiger partial charge in [-0.2, -0.15) is 0 Å². The molecule has 1 aliphatic rings. The second-order valence-corrected chi connectivity index (χ2v) is 9.17. The number of aryl methyl sites for hydroxylation is 1. The minimum atomic E-state index is -0.159. The summed E-state index contributed by atoms with van der Waals surface area (Å²) in [6.45, 7) is 2.19. The van der Waals surface area contributed by atoms with Crippen molar-refractivity contribution in [1.29, 1.82) is 0 Å². The highest BCUT2D eigenvalue weighted by Gasteiger charge is 2.34. The Kier molecular flexibility index (Phi) is 4.73. The zero-order valence-electron chi connectivity index (χ0n) is 18.9. The van der Waals surface area contributed by atoms with E-state index in [0.717, 1.165) is 64.9 Å². The van der Waals surface area contributed by atoms with Gasteiger partial charge < -0.3 is 5.73 Å². The molecule has 0 saturated heterocycles. The van der Waals surface area contributed by atoms with Crippen LogP contribution in [0.1, 0.15) is 44.0 Å². The van der Waals surface area contributed by atoms with E-state index in [1.165, 1.54) is 12.0 Å². The quantitative estimate of drug-likeness (QED) is 0.391. The van der Waals surface area contributed by atoms with Crippen molar-refractivity contribution in [3.63, 3.8) is 0 Å². The molecule has 1 fully saturated rings. The summed E-state index contributed by atoms with van der Waals surface area (Å²) in [5, 5.41) is 6.14. The molecule has 5 aromatic rings. The molecule has 0 spiro atoms. The van der Waals surface area contributed by atoms with E-state index in [2.05, 4.69) is 82.9 Å². The van der Waals surface area contributed by atoms with Gasteiger partial charge in [0.1, 0.15) is 5.69 Å². The lowest BCUT2D eigenvalue weighted by atomic mass is 9.73. The molecular formula is C28H28N5+. The summed E-state index contributed by atoms with van der Waals surface area (Å²) in [5.74, 6) is 1.05. The van der Waals surface area contributed by atoms with E-state index in [9.17, 15) is 0 Å². The van der Waals surface area contributed by atoms with Crippen LogP contribution < -0.4 is 10.1 Å². The standard InChI is InChI=1S/C28H28N5/c1-2-7-26-31-33(23-12-10-22(11-13-23)28(29)15-6-16-28)27-24-18-21(20-8-4-3-5-9-20)19-30-25(24)14-17-32(26)27/h3-5,8-14,17-19H,2,6-7,15-16,29H2,1H3/q+1. The van der Waals surface area contributed by atoms with Gasteiger partial charge in [0.2, 0.25) is 0 Å². The Bertz CT molecular complexity index is 1450. The summed E-state index contributed by atoms with van der Waals surface area (Å²) >= 11 is 0. The van der Waals surface area contributed by atoms with Crippen LogP contribution in [0.25, 0.3) is 33.4 Å². The van der Waals surface area contributed by atoms with Crippen LogP contribution in [-0.4, -0.2) is 14.8 Å². The molecule has 2 N–H and O–H groups in total. The number of pyridine rings is 2. The lowest BCUT2D eigenvalue weighted by Crippen LogP contribution is -2.43. The van der Waals surface area contributed by atoms with Crippen molar-refractivity contribution in [2.24, 2.45) is 5.73 Å². The van der Waals surface area contributed by atoms with E-state index in [1.54, 1.807) is 0 Å². The van der Waals surface area contributed by atoms with E-state index in [0.29, 0.717) is 0 Å². The van der Waals surface area contributed by atoms with Gasteiger partial charge in [-0.3, -0.25) is 4.98 Å². The minimum Gasteiger partial charge on any atom is -0.321 e. The normalized spacial score (nSPS) is 15.1. The monoisotopic (exact) mass is 434 g/mol. The zero-order chi connectivity index (χ0) is 22.4. The predicted octanol–water partition coefficient (Wildman–Crippen LogP) is 5.12. The maximum atomic E-state index is 6.56. The molecule has 2 aromatic carbocycles. The summed E-state index contributed by atoms with van der Waals surface area (Å²) < 4.78 is 4.28. The molecule has 0 atom stereocenters. The van der Waals surface area contributed by atoms with Crippen molar-refractivity contribution in [3.05, 3.63) is 90.5 Å². The van der Waals surface area contributed by atoms with Crippen molar-refractivity contribution in [1.82, 2.24) is 14.8 Å². The fourth-order valence-corrected chi connectivity index (χ4v) is 4.91. The fraction of sp³-hybridized carbons (Fsp3) is 0.250. The third kappa shape index (κ3) is 3.31. The number of aromatic nitrogens is 4. The van der Waals surface area contributed by atoms with Gasteiger partial charge >= 0.3 is 0 Å². The molecule has 0 amide bonds.